The molecule has 2 N–H and O–H groups in total. The molecule has 1 atom stereocenters. The zero-order valence-corrected chi connectivity index (χ0v) is 14.4. The molecule has 3 nitrogen and oxygen atoms in total. The molecule has 2 aromatic rings. The number of halogens is 2. The van der Waals surface area contributed by atoms with Gasteiger partial charge in [-0.3, -0.25) is 4.79 Å². The Balaban J connectivity index is 2.07. The van der Waals surface area contributed by atoms with Gasteiger partial charge in [0, 0.05) is 8.95 Å². The van der Waals surface area contributed by atoms with Crippen molar-refractivity contribution in [3.05, 3.63) is 68.6 Å². The zero-order valence-electron chi connectivity index (χ0n) is 11.2. The fraction of sp³-hybridized carbons (Fsp3) is 0.188. The highest BCUT2D eigenvalue weighted by Gasteiger charge is 2.16. The van der Waals surface area contributed by atoms with Crippen LogP contribution in [0.25, 0.3) is 0 Å². The first-order valence-electron chi connectivity index (χ1n) is 6.51. The Bertz CT molecular complexity index is 617. The van der Waals surface area contributed by atoms with Crippen molar-refractivity contribution in [1.82, 2.24) is 5.32 Å². The Morgan fingerprint density at radius 1 is 1.14 bits per heavy atom. The molecule has 0 aromatic heterocycles. The van der Waals surface area contributed by atoms with Gasteiger partial charge >= 0.3 is 0 Å². The Hall–Kier alpha value is -1.17. The molecule has 0 heterocycles. The second-order valence-corrected chi connectivity index (χ2v) is 6.44. The van der Waals surface area contributed by atoms with E-state index in [-0.39, 0.29) is 18.6 Å². The van der Waals surface area contributed by atoms with Crippen molar-refractivity contribution in [3.8, 4) is 0 Å². The Morgan fingerprint density at radius 2 is 1.86 bits per heavy atom. The molecule has 0 spiro atoms. The number of hydrogen-bond acceptors (Lipinski definition) is 2. The summed E-state index contributed by atoms with van der Waals surface area (Å²) in [6, 6.07) is 14.9. The molecule has 1 amide bonds. The van der Waals surface area contributed by atoms with E-state index in [4.69, 9.17) is 0 Å². The molecule has 0 radical (unpaired) electrons. The summed E-state index contributed by atoms with van der Waals surface area (Å²) >= 11 is 6.72. The van der Waals surface area contributed by atoms with Gasteiger partial charge in [0.2, 0.25) is 0 Å². The molecule has 0 aliphatic rings. The maximum Gasteiger partial charge on any atom is 0.252 e. The van der Waals surface area contributed by atoms with Crippen LogP contribution in [0.2, 0.25) is 0 Å². The average molecular weight is 413 g/mol. The number of aliphatic hydroxyl groups excluding tert-OH is 1. The van der Waals surface area contributed by atoms with Crippen molar-refractivity contribution < 1.29 is 9.90 Å². The van der Waals surface area contributed by atoms with Crippen molar-refractivity contribution in [1.29, 1.82) is 0 Å². The molecule has 0 unspecified atom stereocenters. The summed E-state index contributed by atoms with van der Waals surface area (Å²) in [7, 11) is 0. The lowest BCUT2D eigenvalue weighted by molar-refractivity contribution is 0.0915. The van der Waals surface area contributed by atoms with Crippen LogP contribution in [0.4, 0.5) is 0 Å². The Labute approximate surface area is 140 Å². The molecule has 0 fully saturated rings. The van der Waals surface area contributed by atoms with E-state index in [1.54, 1.807) is 6.07 Å². The maximum absolute atomic E-state index is 12.3. The van der Waals surface area contributed by atoms with Crippen molar-refractivity contribution in [2.45, 2.75) is 12.5 Å². The molecule has 2 aromatic carbocycles. The normalized spacial score (nSPS) is 12.0. The average Bonchev–Trinajstić information content (AvgIpc) is 2.50. The molecular weight excluding hydrogens is 398 g/mol. The lowest BCUT2D eigenvalue weighted by atomic mass is 10.1. The lowest BCUT2D eigenvalue weighted by Crippen LogP contribution is -2.39. The van der Waals surface area contributed by atoms with Crippen LogP contribution in [-0.4, -0.2) is 23.7 Å². The summed E-state index contributed by atoms with van der Waals surface area (Å²) in [5.41, 5.74) is 1.61. The van der Waals surface area contributed by atoms with Gasteiger partial charge < -0.3 is 10.4 Å². The summed E-state index contributed by atoms with van der Waals surface area (Å²) in [5, 5.41) is 12.3. The van der Waals surface area contributed by atoms with E-state index in [1.807, 2.05) is 42.5 Å². The second kappa shape index (κ2) is 7.73. The van der Waals surface area contributed by atoms with Crippen LogP contribution in [0.5, 0.6) is 0 Å². The quantitative estimate of drug-likeness (QED) is 0.788. The predicted molar refractivity (Wildman–Crippen MR) is 90.3 cm³/mol. The summed E-state index contributed by atoms with van der Waals surface area (Å²) < 4.78 is 1.55. The minimum absolute atomic E-state index is 0.105. The third-order valence-electron chi connectivity index (χ3n) is 3.05. The van der Waals surface area contributed by atoms with Crippen LogP contribution >= 0.6 is 31.9 Å². The number of rotatable bonds is 5. The molecule has 0 aliphatic carbocycles. The first-order chi connectivity index (χ1) is 10.1. The molecule has 0 saturated carbocycles. The summed E-state index contributed by atoms with van der Waals surface area (Å²) in [4.78, 5) is 12.3. The van der Waals surface area contributed by atoms with Gasteiger partial charge in [0.25, 0.3) is 5.91 Å². The lowest BCUT2D eigenvalue weighted by Gasteiger charge is -2.17. The van der Waals surface area contributed by atoms with Crippen LogP contribution in [0.15, 0.2) is 57.5 Å². The SMILES string of the molecule is O=C(N[C@H](CO)Cc1ccccc1)c1cc(Br)ccc1Br. The standard InChI is InChI=1S/C16H15Br2NO2/c17-12-6-7-15(18)14(9-12)16(21)19-13(10-20)8-11-4-2-1-3-5-11/h1-7,9,13,20H,8,10H2,(H,19,21)/t13-/m0/s1. The molecule has 21 heavy (non-hydrogen) atoms. The van der Waals surface area contributed by atoms with E-state index in [0.29, 0.717) is 12.0 Å². The monoisotopic (exact) mass is 411 g/mol. The van der Waals surface area contributed by atoms with Crippen molar-refractivity contribution >= 4 is 37.8 Å². The van der Waals surface area contributed by atoms with Gasteiger partial charge in [-0.15, -0.1) is 0 Å². The first-order valence-corrected chi connectivity index (χ1v) is 8.09. The van der Waals surface area contributed by atoms with Gasteiger partial charge in [-0.2, -0.15) is 0 Å². The molecular formula is C16H15Br2NO2. The molecule has 0 bridgehead atoms. The smallest absolute Gasteiger partial charge is 0.252 e. The van der Waals surface area contributed by atoms with Crippen LogP contribution in [0, 0.1) is 0 Å². The van der Waals surface area contributed by atoms with Gasteiger partial charge in [0.05, 0.1) is 18.2 Å². The molecule has 2 rings (SSSR count). The van der Waals surface area contributed by atoms with Crippen molar-refractivity contribution in [3.63, 3.8) is 0 Å². The zero-order chi connectivity index (χ0) is 15.2. The number of benzene rings is 2. The minimum atomic E-state index is -0.314. The molecule has 110 valence electrons. The number of amides is 1. The third-order valence-corrected chi connectivity index (χ3v) is 4.24. The molecule has 0 saturated heterocycles. The number of nitrogens with one attached hydrogen (secondary N) is 1. The van der Waals surface area contributed by atoms with Gasteiger partial charge in [-0.1, -0.05) is 46.3 Å². The van der Waals surface area contributed by atoms with Gasteiger partial charge in [-0.25, -0.2) is 0 Å². The molecule has 0 aliphatic heterocycles. The number of carbonyl (C=O) groups excluding carboxylic acids is 1. The van der Waals surface area contributed by atoms with E-state index < -0.39 is 0 Å². The van der Waals surface area contributed by atoms with E-state index >= 15 is 0 Å². The van der Waals surface area contributed by atoms with E-state index in [9.17, 15) is 9.90 Å². The van der Waals surface area contributed by atoms with Gasteiger partial charge in [-0.05, 0) is 46.1 Å². The number of aliphatic hydroxyl groups is 1. The van der Waals surface area contributed by atoms with Crippen LogP contribution in [-0.2, 0) is 6.42 Å². The van der Waals surface area contributed by atoms with Crippen molar-refractivity contribution in [2.75, 3.05) is 6.61 Å². The third kappa shape index (κ3) is 4.66. The Morgan fingerprint density at radius 3 is 2.52 bits per heavy atom. The minimum Gasteiger partial charge on any atom is -0.394 e. The highest BCUT2D eigenvalue weighted by atomic mass is 79.9. The topological polar surface area (TPSA) is 49.3 Å². The van der Waals surface area contributed by atoms with Crippen LogP contribution < -0.4 is 5.32 Å². The largest absolute Gasteiger partial charge is 0.394 e. The first kappa shape index (κ1) is 16.2. The number of carbonyl (C=O) groups is 1. The highest BCUT2D eigenvalue weighted by molar-refractivity contribution is 9.11. The fourth-order valence-electron chi connectivity index (χ4n) is 1.99. The van der Waals surface area contributed by atoms with E-state index in [0.717, 1.165) is 14.5 Å². The van der Waals surface area contributed by atoms with E-state index in [2.05, 4.69) is 37.2 Å². The maximum atomic E-state index is 12.3. The predicted octanol–water partition coefficient (Wildman–Crippen LogP) is 3.55. The second-order valence-electron chi connectivity index (χ2n) is 4.67. The summed E-state index contributed by atoms with van der Waals surface area (Å²) in [6.45, 7) is -0.105. The Kier molecular flexibility index (Phi) is 5.96. The van der Waals surface area contributed by atoms with Crippen LogP contribution in [0.3, 0.4) is 0 Å². The summed E-state index contributed by atoms with van der Waals surface area (Å²) in [5.74, 6) is -0.210. The van der Waals surface area contributed by atoms with Gasteiger partial charge in [0.1, 0.15) is 0 Å². The summed E-state index contributed by atoms with van der Waals surface area (Å²) in [6.07, 6.45) is 0.592. The number of hydrogen-bond donors (Lipinski definition) is 2. The highest BCUT2D eigenvalue weighted by Crippen LogP contribution is 2.21. The molecule has 5 heteroatoms. The fourth-order valence-corrected chi connectivity index (χ4v) is 2.78. The van der Waals surface area contributed by atoms with Crippen molar-refractivity contribution in [2.24, 2.45) is 0 Å². The van der Waals surface area contributed by atoms with Crippen LogP contribution in [0.1, 0.15) is 15.9 Å². The van der Waals surface area contributed by atoms with Gasteiger partial charge in [0.15, 0.2) is 0 Å². The van der Waals surface area contributed by atoms with E-state index in [1.165, 1.54) is 0 Å².